The number of methoxy groups -OCH3 is 1. The number of aromatic nitrogens is 1. The number of carbonyl (C=O) groups is 2. The summed E-state index contributed by atoms with van der Waals surface area (Å²) in [6.07, 6.45) is 0.754. The lowest BCUT2D eigenvalue weighted by atomic mass is 9.94. The summed E-state index contributed by atoms with van der Waals surface area (Å²) >= 11 is 1.30. The number of aliphatic hydroxyl groups excluding tert-OH is 1. The molecule has 1 amide bonds. The predicted octanol–water partition coefficient (Wildman–Crippen LogP) is 5.56. The number of hydrogen-bond donors (Lipinski definition) is 1. The van der Waals surface area contributed by atoms with Gasteiger partial charge in [0.2, 0.25) is 0 Å². The van der Waals surface area contributed by atoms with Gasteiger partial charge in [0.15, 0.2) is 5.13 Å². The zero-order valence-corrected chi connectivity index (χ0v) is 21.3. The van der Waals surface area contributed by atoms with Crippen LogP contribution in [-0.4, -0.2) is 35.0 Å². The average Bonchev–Trinajstić information content (AvgIpc) is 3.55. The van der Waals surface area contributed by atoms with Crippen LogP contribution in [0.1, 0.15) is 35.2 Å². The number of hydrogen-bond acceptors (Lipinski definition) is 7. The number of nitrogens with zero attached hydrogens (tertiary/aromatic N) is 2. The minimum atomic E-state index is -0.827. The summed E-state index contributed by atoms with van der Waals surface area (Å²) in [5.41, 5.74) is 3.91. The van der Waals surface area contributed by atoms with E-state index in [0.29, 0.717) is 33.9 Å². The van der Waals surface area contributed by atoms with Crippen LogP contribution in [0.3, 0.4) is 0 Å². The molecule has 0 aliphatic carbocycles. The Kier molecular flexibility index (Phi) is 5.49. The van der Waals surface area contributed by atoms with E-state index >= 15 is 0 Å². The second-order valence-electron chi connectivity index (χ2n) is 9.36. The van der Waals surface area contributed by atoms with Crippen molar-refractivity contribution >= 4 is 44.1 Å². The summed E-state index contributed by atoms with van der Waals surface area (Å²) < 4.78 is 11.9. The Morgan fingerprint density at radius 2 is 1.89 bits per heavy atom. The van der Waals surface area contributed by atoms with Gasteiger partial charge in [0, 0.05) is 12.0 Å². The zero-order chi connectivity index (χ0) is 25.8. The second kappa shape index (κ2) is 8.74. The van der Waals surface area contributed by atoms with Crippen LogP contribution in [0.4, 0.5) is 5.13 Å². The van der Waals surface area contributed by atoms with E-state index in [4.69, 9.17) is 9.47 Å². The summed E-state index contributed by atoms with van der Waals surface area (Å²) in [6, 6.07) is 17.6. The molecule has 2 aliphatic rings. The van der Waals surface area contributed by atoms with Crippen molar-refractivity contribution in [2.75, 3.05) is 12.0 Å². The lowest BCUT2D eigenvalue weighted by Gasteiger charge is -2.23. The fourth-order valence-electron chi connectivity index (χ4n) is 4.94. The Balaban J connectivity index is 1.52. The third kappa shape index (κ3) is 3.84. The van der Waals surface area contributed by atoms with E-state index in [1.54, 1.807) is 25.3 Å². The number of amides is 1. The van der Waals surface area contributed by atoms with Gasteiger partial charge in [-0.15, -0.1) is 0 Å². The highest BCUT2D eigenvalue weighted by atomic mass is 32.1. The molecule has 3 heterocycles. The largest absolute Gasteiger partial charge is 0.507 e. The topological polar surface area (TPSA) is 89.0 Å². The van der Waals surface area contributed by atoms with Crippen molar-refractivity contribution in [3.8, 4) is 11.5 Å². The normalized spacial score (nSPS) is 20.4. The fourth-order valence-corrected chi connectivity index (χ4v) is 5.96. The molecule has 4 aromatic rings. The van der Waals surface area contributed by atoms with E-state index < -0.39 is 17.7 Å². The number of rotatable bonds is 4. The first-order valence-corrected chi connectivity index (χ1v) is 12.8. The number of fused-ring (bicyclic) bond motifs is 2. The lowest BCUT2D eigenvalue weighted by molar-refractivity contribution is -0.132. The highest BCUT2D eigenvalue weighted by molar-refractivity contribution is 7.22. The number of Topliss-reactive ketones (excluding diaryl/α,β-unsaturated/α-hetero) is 1. The molecule has 7 nitrogen and oxygen atoms in total. The van der Waals surface area contributed by atoms with Crippen molar-refractivity contribution in [2.24, 2.45) is 0 Å². The van der Waals surface area contributed by atoms with Crippen molar-refractivity contribution in [1.82, 2.24) is 4.98 Å². The Morgan fingerprint density at radius 3 is 2.65 bits per heavy atom. The van der Waals surface area contributed by atoms with Crippen LogP contribution in [0, 0.1) is 6.92 Å². The standard InChI is InChI=1S/C29H24N2O5S/c1-15-4-6-17(7-5-15)25-24(26(32)18-8-11-22-19(13-18)12-16(2)36-22)27(33)28(34)31(25)29-30-21-10-9-20(35-3)14-23(21)37-29/h4-11,13-14,16,25,32H,12H2,1-3H3/b26-24+/t16-,25-/m1/s1. The number of aryl methyl sites for hydroxylation is 1. The van der Waals surface area contributed by atoms with Crippen LogP contribution in [-0.2, 0) is 16.0 Å². The maximum Gasteiger partial charge on any atom is 0.301 e. The molecule has 0 unspecified atom stereocenters. The quantitative estimate of drug-likeness (QED) is 0.219. The zero-order valence-electron chi connectivity index (χ0n) is 20.5. The molecule has 2 aliphatic heterocycles. The first kappa shape index (κ1) is 23.2. The Bertz CT molecular complexity index is 1600. The predicted molar refractivity (Wildman–Crippen MR) is 142 cm³/mol. The third-order valence-corrected chi connectivity index (χ3v) is 7.81. The van der Waals surface area contributed by atoms with E-state index in [1.807, 2.05) is 56.3 Å². The van der Waals surface area contributed by atoms with Gasteiger partial charge in [0.25, 0.3) is 5.78 Å². The molecular formula is C29H24N2O5S. The lowest BCUT2D eigenvalue weighted by Crippen LogP contribution is -2.29. The van der Waals surface area contributed by atoms with Crippen LogP contribution in [0.15, 0.2) is 66.2 Å². The third-order valence-electron chi connectivity index (χ3n) is 6.80. The first-order valence-electron chi connectivity index (χ1n) is 12.0. The molecule has 6 rings (SSSR count). The van der Waals surface area contributed by atoms with E-state index in [0.717, 1.165) is 21.6 Å². The maximum atomic E-state index is 13.5. The van der Waals surface area contributed by atoms with Crippen LogP contribution < -0.4 is 14.4 Å². The second-order valence-corrected chi connectivity index (χ2v) is 10.4. The fraction of sp³-hybridized carbons (Fsp3) is 0.207. The van der Waals surface area contributed by atoms with Crippen molar-refractivity contribution in [3.05, 3.63) is 88.5 Å². The Labute approximate surface area is 217 Å². The molecule has 1 aromatic heterocycles. The minimum Gasteiger partial charge on any atom is -0.507 e. The summed E-state index contributed by atoms with van der Waals surface area (Å²) in [6.45, 7) is 3.95. The van der Waals surface area contributed by atoms with Gasteiger partial charge in [-0.3, -0.25) is 14.5 Å². The molecule has 0 radical (unpaired) electrons. The SMILES string of the molecule is COc1ccc2nc(N3C(=O)C(=O)/C(=C(/O)c4ccc5c(c4)C[C@@H](C)O5)[C@H]3c3ccc(C)cc3)sc2c1. The van der Waals surface area contributed by atoms with Crippen LogP contribution in [0.5, 0.6) is 11.5 Å². The average molecular weight is 513 g/mol. The molecule has 3 aromatic carbocycles. The van der Waals surface area contributed by atoms with Gasteiger partial charge in [-0.05, 0) is 61.4 Å². The van der Waals surface area contributed by atoms with Crippen molar-refractivity contribution < 1.29 is 24.2 Å². The number of ether oxygens (including phenoxy) is 2. The van der Waals surface area contributed by atoms with Crippen molar-refractivity contribution in [1.29, 1.82) is 0 Å². The van der Waals surface area contributed by atoms with Gasteiger partial charge in [-0.1, -0.05) is 41.2 Å². The highest BCUT2D eigenvalue weighted by Gasteiger charge is 2.48. The highest BCUT2D eigenvalue weighted by Crippen LogP contribution is 2.45. The number of carbonyl (C=O) groups excluding carboxylic acids is 2. The molecule has 0 saturated carbocycles. The summed E-state index contributed by atoms with van der Waals surface area (Å²) in [4.78, 5) is 33.0. The minimum absolute atomic E-state index is 0.0394. The molecule has 1 fully saturated rings. The Morgan fingerprint density at radius 1 is 1.11 bits per heavy atom. The maximum absolute atomic E-state index is 13.5. The van der Waals surface area contributed by atoms with Gasteiger partial charge >= 0.3 is 5.91 Å². The van der Waals surface area contributed by atoms with Crippen LogP contribution >= 0.6 is 11.3 Å². The molecule has 2 atom stereocenters. The molecule has 37 heavy (non-hydrogen) atoms. The Hall–Kier alpha value is -4.17. The number of benzene rings is 3. The van der Waals surface area contributed by atoms with Gasteiger partial charge in [0.05, 0.1) is 28.9 Å². The number of aliphatic hydroxyl groups is 1. The molecular weight excluding hydrogens is 488 g/mol. The molecule has 0 spiro atoms. The number of ketones is 1. The molecule has 8 heteroatoms. The number of anilines is 1. The first-order chi connectivity index (χ1) is 17.8. The van der Waals surface area contributed by atoms with E-state index in [2.05, 4.69) is 4.98 Å². The van der Waals surface area contributed by atoms with Gasteiger partial charge in [-0.2, -0.15) is 0 Å². The van der Waals surface area contributed by atoms with Gasteiger partial charge in [0.1, 0.15) is 23.4 Å². The summed E-state index contributed by atoms with van der Waals surface area (Å²) in [5, 5.41) is 11.9. The van der Waals surface area contributed by atoms with E-state index in [9.17, 15) is 14.7 Å². The van der Waals surface area contributed by atoms with E-state index in [1.165, 1.54) is 16.2 Å². The molecule has 0 bridgehead atoms. The van der Waals surface area contributed by atoms with Crippen LogP contribution in [0.25, 0.3) is 16.0 Å². The molecule has 186 valence electrons. The summed E-state index contributed by atoms with van der Waals surface area (Å²) in [5.74, 6) is -0.239. The van der Waals surface area contributed by atoms with Gasteiger partial charge in [-0.25, -0.2) is 4.98 Å². The van der Waals surface area contributed by atoms with E-state index in [-0.39, 0.29) is 17.4 Å². The smallest absolute Gasteiger partial charge is 0.301 e. The molecule has 1 N–H and O–H groups in total. The summed E-state index contributed by atoms with van der Waals surface area (Å²) in [7, 11) is 1.59. The van der Waals surface area contributed by atoms with Crippen LogP contribution in [0.2, 0.25) is 0 Å². The van der Waals surface area contributed by atoms with Crippen molar-refractivity contribution in [3.63, 3.8) is 0 Å². The van der Waals surface area contributed by atoms with Gasteiger partial charge < -0.3 is 14.6 Å². The molecule has 1 saturated heterocycles. The number of thiazole rings is 1. The van der Waals surface area contributed by atoms with Crippen molar-refractivity contribution in [2.45, 2.75) is 32.4 Å². The monoisotopic (exact) mass is 512 g/mol.